The molecule has 4 heteroatoms. The van der Waals surface area contributed by atoms with Crippen LogP contribution in [0.1, 0.15) is 25.0 Å². The molecule has 0 spiro atoms. The minimum atomic E-state index is -0.216. The van der Waals surface area contributed by atoms with Gasteiger partial charge in [0, 0.05) is 12.3 Å². The van der Waals surface area contributed by atoms with Crippen LogP contribution in [-0.4, -0.2) is 17.0 Å². The first-order valence-corrected chi connectivity index (χ1v) is 7.21. The van der Waals surface area contributed by atoms with Crippen molar-refractivity contribution >= 4 is 17.8 Å². The number of carbonyl (C=O) groups is 1. The number of nitrogens with one attached hydrogen (secondary N) is 1. The van der Waals surface area contributed by atoms with Crippen molar-refractivity contribution in [3.63, 3.8) is 0 Å². The lowest BCUT2D eigenvalue weighted by atomic mass is 10.2. The molecule has 22 heavy (non-hydrogen) atoms. The lowest BCUT2D eigenvalue weighted by molar-refractivity contribution is -0.111. The molecule has 1 heterocycles. The summed E-state index contributed by atoms with van der Waals surface area (Å²) in [4.78, 5) is 16.0. The standard InChI is InChI=1S/C18H20N2O2/c1-13(2)22-16-6-4-5-15(11-16)8-10-18(21)20-17-9-7-14(3)12-19-17/h4-13H,1-3H3,(H,19,20,21)/b10-8+. The van der Waals surface area contributed by atoms with Crippen molar-refractivity contribution in [1.29, 1.82) is 0 Å². The number of carbonyl (C=O) groups excluding carboxylic acids is 1. The Bertz CT molecular complexity index is 661. The average Bonchev–Trinajstić information content (AvgIpc) is 2.47. The number of anilines is 1. The second kappa shape index (κ2) is 7.41. The Morgan fingerprint density at radius 1 is 1.27 bits per heavy atom. The molecule has 114 valence electrons. The molecule has 4 nitrogen and oxygen atoms in total. The number of benzene rings is 1. The largest absolute Gasteiger partial charge is 0.491 e. The predicted octanol–water partition coefficient (Wildman–Crippen LogP) is 3.83. The van der Waals surface area contributed by atoms with Gasteiger partial charge in [-0.1, -0.05) is 18.2 Å². The van der Waals surface area contributed by atoms with E-state index in [-0.39, 0.29) is 12.0 Å². The number of hydrogen-bond donors (Lipinski definition) is 1. The van der Waals surface area contributed by atoms with Crippen molar-refractivity contribution in [3.8, 4) is 5.75 Å². The van der Waals surface area contributed by atoms with Crippen molar-refractivity contribution in [2.24, 2.45) is 0 Å². The summed E-state index contributed by atoms with van der Waals surface area (Å²) < 4.78 is 5.62. The topological polar surface area (TPSA) is 51.2 Å². The number of aryl methyl sites for hydroxylation is 1. The minimum Gasteiger partial charge on any atom is -0.491 e. The minimum absolute atomic E-state index is 0.120. The molecule has 0 bridgehead atoms. The Labute approximate surface area is 130 Å². The molecule has 1 N–H and O–H groups in total. The molecule has 0 atom stereocenters. The normalized spacial score (nSPS) is 10.9. The predicted molar refractivity (Wildman–Crippen MR) is 88.8 cm³/mol. The summed E-state index contributed by atoms with van der Waals surface area (Å²) >= 11 is 0. The quantitative estimate of drug-likeness (QED) is 0.853. The van der Waals surface area contributed by atoms with E-state index in [0.717, 1.165) is 16.9 Å². The number of rotatable bonds is 5. The van der Waals surface area contributed by atoms with Crippen LogP contribution in [0.4, 0.5) is 5.82 Å². The smallest absolute Gasteiger partial charge is 0.249 e. The molecular weight excluding hydrogens is 276 g/mol. The maximum Gasteiger partial charge on any atom is 0.249 e. The van der Waals surface area contributed by atoms with Gasteiger partial charge < -0.3 is 10.1 Å². The molecule has 0 saturated heterocycles. The zero-order valence-corrected chi connectivity index (χ0v) is 13.0. The summed E-state index contributed by atoms with van der Waals surface area (Å²) in [6, 6.07) is 11.3. The fourth-order valence-corrected chi connectivity index (χ4v) is 1.85. The first-order valence-electron chi connectivity index (χ1n) is 7.21. The summed E-state index contributed by atoms with van der Waals surface area (Å²) in [6.45, 7) is 5.90. The SMILES string of the molecule is Cc1ccc(NC(=O)/C=C/c2cccc(OC(C)C)c2)nc1. The van der Waals surface area contributed by atoms with Gasteiger partial charge in [0.15, 0.2) is 0 Å². The number of pyridine rings is 1. The van der Waals surface area contributed by atoms with E-state index in [1.54, 1.807) is 18.3 Å². The highest BCUT2D eigenvalue weighted by Crippen LogP contribution is 2.16. The number of nitrogens with zero attached hydrogens (tertiary/aromatic N) is 1. The van der Waals surface area contributed by atoms with E-state index < -0.39 is 0 Å². The fourth-order valence-electron chi connectivity index (χ4n) is 1.85. The molecule has 0 saturated carbocycles. The summed E-state index contributed by atoms with van der Waals surface area (Å²) in [6.07, 6.45) is 5.06. The van der Waals surface area contributed by atoms with E-state index in [1.165, 1.54) is 6.08 Å². The first-order chi connectivity index (χ1) is 10.5. The van der Waals surface area contributed by atoms with Crippen molar-refractivity contribution < 1.29 is 9.53 Å². The maximum absolute atomic E-state index is 11.9. The lowest BCUT2D eigenvalue weighted by Gasteiger charge is -2.09. The molecule has 1 aromatic heterocycles. The molecule has 0 aliphatic heterocycles. The highest BCUT2D eigenvalue weighted by molar-refractivity contribution is 6.01. The van der Waals surface area contributed by atoms with Crippen molar-refractivity contribution in [2.75, 3.05) is 5.32 Å². The summed E-state index contributed by atoms with van der Waals surface area (Å²) in [7, 11) is 0. The van der Waals surface area contributed by atoms with Gasteiger partial charge in [0.05, 0.1) is 6.10 Å². The van der Waals surface area contributed by atoms with Crippen LogP contribution in [0.3, 0.4) is 0 Å². The molecule has 1 amide bonds. The zero-order valence-electron chi connectivity index (χ0n) is 13.0. The highest BCUT2D eigenvalue weighted by Gasteiger charge is 2.00. The van der Waals surface area contributed by atoms with Crippen LogP contribution < -0.4 is 10.1 Å². The molecule has 0 aliphatic carbocycles. The summed E-state index contributed by atoms with van der Waals surface area (Å²) in [5, 5.41) is 2.72. The van der Waals surface area contributed by atoms with E-state index in [1.807, 2.05) is 51.1 Å². The number of hydrogen-bond acceptors (Lipinski definition) is 3. The molecule has 0 fully saturated rings. The Hall–Kier alpha value is -2.62. The molecule has 0 unspecified atom stereocenters. The molecule has 1 aromatic carbocycles. The Balaban J connectivity index is 1.98. The molecule has 0 aliphatic rings. The van der Waals surface area contributed by atoms with E-state index in [2.05, 4.69) is 10.3 Å². The van der Waals surface area contributed by atoms with Gasteiger partial charge in [-0.2, -0.15) is 0 Å². The number of ether oxygens (including phenoxy) is 1. The van der Waals surface area contributed by atoms with Gasteiger partial charge in [-0.25, -0.2) is 4.98 Å². The van der Waals surface area contributed by atoms with Gasteiger partial charge in [-0.05, 0) is 56.2 Å². The molecular formula is C18H20N2O2. The number of aromatic nitrogens is 1. The van der Waals surface area contributed by atoms with Crippen molar-refractivity contribution in [3.05, 3.63) is 59.8 Å². The fraction of sp³-hybridized carbons (Fsp3) is 0.222. The van der Waals surface area contributed by atoms with Gasteiger partial charge in [0.1, 0.15) is 11.6 Å². The zero-order chi connectivity index (χ0) is 15.9. The van der Waals surface area contributed by atoms with Crippen LogP contribution in [0.2, 0.25) is 0 Å². The van der Waals surface area contributed by atoms with Crippen LogP contribution in [-0.2, 0) is 4.79 Å². The Morgan fingerprint density at radius 3 is 2.77 bits per heavy atom. The summed E-state index contributed by atoms with van der Waals surface area (Å²) in [5.41, 5.74) is 1.96. The van der Waals surface area contributed by atoms with Crippen molar-refractivity contribution in [2.45, 2.75) is 26.9 Å². The third kappa shape index (κ3) is 5.05. The monoisotopic (exact) mass is 296 g/mol. The van der Waals surface area contributed by atoms with Gasteiger partial charge in [-0.15, -0.1) is 0 Å². The van der Waals surface area contributed by atoms with Gasteiger partial charge in [0.2, 0.25) is 5.91 Å². The van der Waals surface area contributed by atoms with Gasteiger partial charge in [-0.3, -0.25) is 4.79 Å². The average molecular weight is 296 g/mol. The third-order valence-corrected chi connectivity index (χ3v) is 2.82. The van der Waals surface area contributed by atoms with E-state index >= 15 is 0 Å². The molecule has 2 rings (SSSR count). The van der Waals surface area contributed by atoms with Crippen LogP contribution in [0.15, 0.2) is 48.7 Å². The first kappa shape index (κ1) is 15.8. The second-order valence-electron chi connectivity index (χ2n) is 5.28. The second-order valence-corrected chi connectivity index (χ2v) is 5.28. The summed E-state index contributed by atoms with van der Waals surface area (Å²) in [5.74, 6) is 1.11. The van der Waals surface area contributed by atoms with Crippen LogP contribution in [0.25, 0.3) is 6.08 Å². The van der Waals surface area contributed by atoms with E-state index in [0.29, 0.717) is 5.82 Å². The Morgan fingerprint density at radius 2 is 2.09 bits per heavy atom. The Kier molecular flexibility index (Phi) is 5.31. The third-order valence-electron chi connectivity index (χ3n) is 2.82. The van der Waals surface area contributed by atoms with E-state index in [4.69, 9.17) is 4.74 Å². The van der Waals surface area contributed by atoms with E-state index in [9.17, 15) is 4.79 Å². The molecule has 2 aromatic rings. The van der Waals surface area contributed by atoms with Crippen LogP contribution in [0.5, 0.6) is 5.75 Å². The number of amides is 1. The maximum atomic E-state index is 11.9. The van der Waals surface area contributed by atoms with Crippen LogP contribution in [0, 0.1) is 6.92 Å². The lowest BCUT2D eigenvalue weighted by Crippen LogP contribution is -2.09. The highest BCUT2D eigenvalue weighted by atomic mass is 16.5. The van der Waals surface area contributed by atoms with Gasteiger partial charge >= 0.3 is 0 Å². The van der Waals surface area contributed by atoms with Gasteiger partial charge in [0.25, 0.3) is 0 Å². The van der Waals surface area contributed by atoms with Crippen LogP contribution >= 0.6 is 0 Å². The van der Waals surface area contributed by atoms with Crippen molar-refractivity contribution in [1.82, 2.24) is 4.98 Å². The molecule has 0 radical (unpaired) electrons.